The highest BCUT2D eigenvalue weighted by Gasteiger charge is 2.14. The summed E-state index contributed by atoms with van der Waals surface area (Å²) in [6.07, 6.45) is 0.416. The van der Waals surface area contributed by atoms with E-state index in [0.717, 1.165) is 17.3 Å². The van der Waals surface area contributed by atoms with Gasteiger partial charge in [-0.3, -0.25) is 4.79 Å². The van der Waals surface area contributed by atoms with E-state index < -0.39 is 6.10 Å². The molecule has 0 amide bonds. The first-order valence-electron chi connectivity index (χ1n) is 6.40. The predicted octanol–water partition coefficient (Wildman–Crippen LogP) is 2.41. The molecule has 2 atom stereocenters. The second-order valence-corrected chi connectivity index (χ2v) is 4.79. The fourth-order valence-corrected chi connectivity index (χ4v) is 2.07. The Kier molecular flexibility index (Phi) is 3.82. The largest absolute Gasteiger partial charge is 0.391 e. The molecule has 18 heavy (non-hydrogen) atoms. The molecule has 2 unspecified atom stereocenters. The summed E-state index contributed by atoms with van der Waals surface area (Å²) in [5.41, 5.74) is 0.823. The summed E-state index contributed by atoms with van der Waals surface area (Å²) < 4.78 is 1.66. The first kappa shape index (κ1) is 12.8. The third-order valence-electron chi connectivity index (χ3n) is 3.57. The lowest BCUT2D eigenvalue weighted by atomic mass is 10.0. The van der Waals surface area contributed by atoms with Crippen molar-refractivity contribution in [2.24, 2.45) is 5.92 Å². The highest BCUT2D eigenvalue weighted by molar-refractivity contribution is 5.78. The molecule has 0 saturated carbocycles. The van der Waals surface area contributed by atoms with Crippen LogP contribution < -0.4 is 5.56 Å². The standard InChI is InChI=1S/C15H19NO2/c1-3-11(2)14(17)10-16-13-7-5-4-6-12(13)8-9-15(16)18/h4-9,11,14,17H,3,10H2,1-2H3. The van der Waals surface area contributed by atoms with Crippen LogP contribution in [0.5, 0.6) is 0 Å². The molecule has 0 aliphatic carbocycles. The minimum absolute atomic E-state index is 0.0592. The van der Waals surface area contributed by atoms with Crippen molar-refractivity contribution in [3.8, 4) is 0 Å². The van der Waals surface area contributed by atoms with Crippen LogP contribution in [0.2, 0.25) is 0 Å². The summed E-state index contributed by atoms with van der Waals surface area (Å²) in [6.45, 7) is 4.40. The van der Waals surface area contributed by atoms with Gasteiger partial charge in [-0.2, -0.15) is 0 Å². The van der Waals surface area contributed by atoms with Crippen molar-refractivity contribution < 1.29 is 5.11 Å². The number of fused-ring (bicyclic) bond motifs is 1. The molecular weight excluding hydrogens is 226 g/mol. The Morgan fingerprint density at radius 2 is 1.94 bits per heavy atom. The molecule has 0 aliphatic rings. The fourth-order valence-electron chi connectivity index (χ4n) is 2.07. The number of aromatic nitrogens is 1. The molecule has 1 heterocycles. The van der Waals surface area contributed by atoms with Gasteiger partial charge in [0.05, 0.1) is 18.2 Å². The predicted molar refractivity (Wildman–Crippen MR) is 73.7 cm³/mol. The van der Waals surface area contributed by atoms with Crippen LogP contribution in [0.4, 0.5) is 0 Å². The first-order valence-corrected chi connectivity index (χ1v) is 6.40. The van der Waals surface area contributed by atoms with E-state index in [-0.39, 0.29) is 11.5 Å². The lowest BCUT2D eigenvalue weighted by Crippen LogP contribution is -2.30. The zero-order valence-electron chi connectivity index (χ0n) is 10.8. The molecule has 0 fully saturated rings. The van der Waals surface area contributed by atoms with Crippen LogP contribution in [0.25, 0.3) is 10.9 Å². The van der Waals surface area contributed by atoms with Gasteiger partial charge in [-0.15, -0.1) is 0 Å². The maximum absolute atomic E-state index is 11.9. The van der Waals surface area contributed by atoms with Crippen LogP contribution in [-0.4, -0.2) is 15.8 Å². The number of aliphatic hydroxyl groups is 1. The second kappa shape index (κ2) is 5.36. The summed E-state index contributed by atoms with van der Waals surface area (Å²) in [4.78, 5) is 11.9. The number of hydrogen-bond donors (Lipinski definition) is 1. The lowest BCUT2D eigenvalue weighted by Gasteiger charge is -2.19. The zero-order chi connectivity index (χ0) is 13.1. The Bertz CT molecular complexity index is 588. The SMILES string of the molecule is CCC(C)C(O)Cn1c(=O)ccc2ccccc21. The van der Waals surface area contributed by atoms with Crippen molar-refractivity contribution in [2.45, 2.75) is 32.9 Å². The Balaban J connectivity index is 2.43. The van der Waals surface area contributed by atoms with Crippen LogP contribution in [0.3, 0.4) is 0 Å². The normalized spacial score (nSPS) is 14.6. The summed E-state index contributed by atoms with van der Waals surface area (Å²) in [5, 5.41) is 11.1. The van der Waals surface area contributed by atoms with Gasteiger partial charge < -0.3 is 9.67 Å². The number of nitrogens with zero attached hydrogens (tertiary/aromatic N) is 1. The van der Waals surface area contributed by atoms with Gasteiger partial charge in [-0.05, 0) is 23.4 Å². The molecule has 2 rings (SSSR count). The van der Waals surface area contributed by atoms with Gasteiger partial charge in [0.1, 0.15) is 0 Å². The van der Waals surface area contributed by atoms with Gasteiger partial charge in [-0.25, -0.2) is 0 Å². The summed E-state index contributed by atoms with van der Waals surface area (Å²) in [6, 6.07) is 11.1. The zero-order valence-corrected chi connectivity index (χ0v) is 10.8. The van der Waals surface area contributed by atoms with Gasteiger partial charge in [0, 0.05) is 6.07 Å². The highest BCUT2D eigenvalue weighted by Crippen LogP contribution is 2.14. The van der Waals surface area contributed by atoms with E-state index in [9.17, 15) is 9.90 Å². The van der Waals surface area contributed by atoms with E-state index in [1.165, 1.54) is 0 Å². The van der Waals surface area contributed by atoms with Gasteiger partial charge in [-0.1, -0.05) is 38.5 Å². The number of pyridine rings is 1. The van der Waals surface area contributed by atoms with Crippen molar-refractivity contribution in [2.75, 3.05) is 0 Å². The van der Waals surface area contributed by atoms with Gasteiger partial charge in [0.15, 0.2) is 0 Å². The number of benzene rings is 1. The van der Waals surface area contributed by atoms with E-state index in [2.05, 4.69) is 0 Å². The number of hydrogen-bond acceptors (Lipinski definition) is 2. The van der Waals surface area contributed by atoms with Crippen LogP contribution in [-0.2, 0) is 6.54 Å². The number of para-hydroxylation sites is 1. The smallest absolute Gasteiger partial charge is 0.251 e. The highest BCUT2D eigenvalue weighted by atomic mass is 16.3. The molecule has 96 valence electrons. The molecular formula is C15H19NO2. The molecule has 0 saturated heterocycles. The van der Waals surface area contributed by atoms with Crippen LogP contribution in [0.15, 0.2) is 41.2 Å². The maximum atomic E-state index is 11.9. The average Bonchev–Trinajstić information content (AvgIpc) is 2.41. The third kappa shape index (κ3) is 2.46. The van der Waals surface area contributed by atoms with Crippen molar-refractivity contribution >= 4 is 10.9 Å². The van der Waals surface area contributed by atoms with Crippen molar-refractivity contribution in [1.82, 2.24) is 4.57 Å². The minimum Gasteiger partial charge on any atom is -0.391 e. The number of aliphatic hydroxyl groups excluding tert-OH is 1. The van der Waals surface area contributed by atoms with E-state index in [1.807, 2.05) is 44.2 Å². The van der Waals surface area contributed by atoms with E-state index in [0.29, 0.717) is 6.54 Å². The molecule has 3 nitrogen and oxygen atoms in total. The maximum Gasteiger partial charge on any atom is 0.251 e. The van der Waals surface area contributed by atoms with Gasteiger partial charge >= 0.3 is 0 Å². The molecule has 1 aromatic heterocycles. The molecule has 0 aliphatic heterocycles. The average molecular weight is 245 g/mol. The van der Waals surface area contributed by atoms with Crippen molar-refractivity contribution in [3.63, 3.8) is 0 Å². The molecule has 1 N–H and O–H groups in total. The molecule has 0 radical (unpaired) electrons. The summed E-state index contributed by atoms with van der Waals surface area (Å²) in [7, 11) is 0. The quantitative estimate of drug-likeness (QED) is 0.898. The van der Waals surface area contributed by atoms with Crippen molar-refractivity contribution in [3.05, 3.63) is 46.8 Å². The number of rotatable bonds is 4. The minimum atomic E-state index is -0.487. The Labute approximate surface area is 107 Å². The fraction of sp³-hybridized carbons (Fsp3) is 0.400. The van der Waals surface area contributed by atoms with Crippen LogP contribution in [0.1, 0.15) is 20.3 Å². The van der Waals surface area contributed by atoms with E-state index in [4.69, 9.17) is 0 Å². The summed E-state index contributed by atoms with van der Waals surface area (Å²) in [5.74, 6) is 0.191. The molecule has 3 heteroatoms. The van der Waals surface area contributed by atoms with Crippen LogP contribution >= 0.6 is 0 Å². The Morgan fingerprint density at radius 3 is 2.67 bits per heavy atom. The van der Waals surface area contributed by atoms with E-state index in [1.54, 1.807) is 10.6 Å². The van der Waals surface area contributed by atoms with Gasteiger partial charge in [0.25, 0.3) is 5.56 Å². The first-order chi connectivity index (χ1) is 8.63. The Hall–Kier alpha value is -1.61. The second-order valence-electron chi connectivity index (χ2n) is 4.79. The molecule has 0 spiro atoms. The molecule has 2 aromatic rings. The topological polar surface area (TPSA) is 42.2 Å². The molecule has 1 aromatic carbocycles. The van der Waals surface area contributed by atoms with Crippen LogP contribution in [0, 0.1) is 5.92 Å². The van der Waals surface area contributed by atoms with Crippen molar-refractivity contribution in [1.29, 1.82) is 0 Å². The Morgan fingerprint density at radius 1 is 1.22 bits per heavy atom. The monoisotopic (exact) mass is 245 g/mol. The summed E-state index contributed by atoms with van der Waals surface area (Å²) >= 11 is 0. The lowest BCUT2D eigenvalue weighted by molar-refractivity contribution is 0.0969. The third-order valence-corrected chi connectivity index (χ3v) is 3.57. The van der Waals surface area contributed by atoms with E-state index >= 15 is 0 Å². The molecule has 0 bridgehead atoms. The van der Waals surface area contributed by atoms with Gasteiger partial charge in [0.2, 0.25) is 0 Å².